The Morgan fingerprint density at radius 3 is 2.83 bits per heavy atom. The van der Waals surface area contributed by atoms with Gasteiger partial charge in [-0.25, -0.2) is 0 Å². The molecule has 0 saturated heterocycles. The van der Waals surface area contributed by atoms with Gasteiger partial charge in [0, 0.05) is 5.92 Å². The van der Waals surface area contributed by atoms with E-state index in [4.69, 9.17) is 0 Å². The fourth-order valence-electron chi connectivity index (χ4n) is 6.78. The number of aryl methyl sites for hydroxylation is 2. The molecule has 0 heterocycles. The third-order valence-corrected chi connectivity index (χ3v) is 7.97. The average Bonchev–Trinajstić information content (AvgIpc) is 2.81. The fourth-order valence-corrected chi connectivity index (χ4v) is 6.78. The molecule has 0 spiro atoms. The largest absolute Gasteiger partial charge is 0.389 e. The van der Waals surface area contributed by atoms with Crippen LogP contribution in [0.4, 0.5) is 0 Å². The maximum Gasteiger partial charge on any atom is 0.0758 e. The van der Waals surface area contributed by atoms with Gasteiger partial charge in [0.1, 0.15) is 0 Å². The Kier molecular flexibility index (Phi) is 3.73. The first-order chi connectivity index (χ1) is 11.4. The van der Waals surface area contributed by atoms with Gasteiger partial charge in [-0.1, -0.05) is 43.7 Å². The van der Waals surface area contributed by atoms with Crippen molar-refractivity contribution in [3.8, 4) is 0 Å². The van der Waals surface area contributed by atoms with Crippen LogP contribution in [-0.2, 0) is 6.42 Å². The number of benzene rings is 1. The summed E-state index contributed by atoms with van der Waals surface area (Å²) in [5.74, 6) is 2.42. The van der Waals surface area contributed by atoms with Gasteiger partial charge in [-0.15, -0.1) is 6.58 Å². The molecule has 0 amide bonds. The molecule has 1 aromatic rings. The molecule has 3 aliphatic carbocycles. The van der Waals surface area contributed by atoms with E-state index in [1.807, 2.05) is 6.08 Å². The van der Waals surface area contributed by atoms with Gasteiger partial charge >= 0.3 is 0 Å². The zero-order valence-electron chi connectivity index (χ0n) is 15.5. The van der Waals surface area contributed by atoms with Crippen molar-refractivity contribution in [1.82, 2.24) is 0 Å². The molecule has 6 atom stereocenters. The lowest BCUT2D eigenvalue weighted by Gasteiger charge is -2.58. The van der Waals surface area contributed by atoms with Gasteiger partial charge in [-0.2, -0.15) is 0 Å². The number of hydrogen-bond acceptors (Lipinski definition) is 1. The summed E-state index contributed by atoms with van der Waals surface area (Å²) in [5.41, 5.74) is 3.92. The molecule has 2 fully saturated rings. The molecule has 24 heavy (non-hydrogen) atoms. The minimum atomic E-state index is -0.624. The quantitative estimate of drug-likeness (QED) is 0.722. The molecule has 2 saturated carbocycles. The summed E-state index contributed by atoms with van der Waals surface area (Å²) in [7, 11) is 0. The molecule has 0 aliphatic heterocycles. The van der Waals surface area contributed by atoms with Gasteiger partial charge in [0.15, 0.2) is 0 Å². The molecule has 1 N–H and O–H groups in total. The monoisotopic (exact) mass is 324 g/mol. The first-order valence-electron chi connectivity index (χ1n) is 9.82. The molecule has 1 heteroatoms. The van der Waals surface area contributed by atoms with Crippen molar-refractivity contribution in [2.24, 2.45) is 23.2 Å². The molecule has 4 rings (SSSR count). The summed E-state index contributed by atoms with van der Waals surface area (Å²) >= 11 is 0. The summed E-state index contributed by atoms with van der Waals surface area (Å²) in [4.78, 5) is 0. The van der Waals surface area contributed by atoms with E-state index >= 15 is 0 Å². The second-order valence-corrected chi connectivity index (χ2v) is 9.25. The molecular weight excluding hydrogens is 292 g/mol. The average molecular weight is 325 g/mol. The van der Waals surface area contributed by atoms with Crippen molar-refractivity contribution < 1.29 is 5.11 Å². The summed E-state index contributed by atoms with van der Waals surface area (Å²) in [6.07, 6.45) is 8.71. The lowest BCUT2D eigenvalue weighted by Crippen LogP contribution is -2.55. The van der Waals surface area contributed by atoms with Gasteiger partial charge < -0.3 is 5.11 Å². The molecule has 6 unspecified atom stereocenters. The lowest BCUT2D eigenvalue weighted by atomic mass is 9.49. The maximum atomic E-state index is 11.8. The number of aliphatic hydroxyl groups is 1. The standard InChI is InChI=1S/C23H32O/c1-5-12-23(24)14-22(4)16(3)7-11-20(22)19-10-8-17-13-15(2)6-9-18(17)21(19)23/h5-6,9,13,16,19-21,24H,1,7-8,10-12,14H2,2-4H3. The highest BCUT2D eigenvalue weighted by molar-refractivity contribution is 5.40. The molecule has 130 valence electrons. The molecule has 0 aromatic heterocycles. The molecule has 3 aliphatic rings. The second-order valence-electron chi connectivity index (χ2n) is 9.25. The third-order valence-electron chi connectivity index (χ3n) is 7.97. The Balaban J connectivity index is 1.84. The summed E-state index contributed by atoms with van der Waals surface area (Å²) in [6, 6.07) is 6.90. The van der Waals surface area contributed by atoms with E-state index in [0.29, 0.717) is 17.3 Å². The minimum absolute atomic E-state index is 0.293. The second kappa shape index (κ2) is 5.46. The molecule has 1 nitrogen and oxygen atoms in total. The van der Waals surface area contributed by atoms with Crippen LogP contribution in [0.15, 0.2) is 30.9 Å². The molecule has 1 aromatic carbocycles. The van der Waals surface area contributed by atoms with Crippen LogP contribution < -0.4 is 0 Å². The van der Waals surface area contributed by atoms with E-state index in [9.17, 15) is 5.11 Å². The molecular formula is C23H32O. The smallest absolute Gasteiger partial charge is 0.0758 e. The Hall–Kier alpha value is -1.08. The van der Waals surface area contributed by atoms with Gasteiger partial charge in [0.25, 0.3) is 0 Å². The van der Waals surface area contributed by atoms with Crippen LogP contribution in [0.1, 0.15) is 68.6 Å². The van der Waals surface area contributed by atoms with Gasteiger partial charge in [0.05, 0.1) is 5.60 Å². The Morgan fingerprint density at radius 1 is 1.29 bits per heavy atom. The van der Waals surface area contributed by atoms with Crippen LogP contribution in [0.3, 0.4) is 0 Å². The maximum absolute atomic E-state index is 11.8. The van der Waals surface area contributed by atoms with Crippen LogP contribution in [0.5, 0.6) is 0 Å². The minimum Gasteiger partial charge on any atom is -0.389 e. The van der Waals surface area contributed by atoms with Crippen LogP contribution in [0.2, 0.25) is 0 Å². The summed E-state index contributed by atoms with van der Waals surface area (Å²) < 4.78 is 0. The number of rotatable bonds is 2. The van der Waals surface area contributed by atoms with Crippen molar-refractivity contribution in [3.05, 3.63) is 47.5 Å². The van der Waals surface area contributed by atoms with Crippen LogP contribution in [0.25, 0.3) is 0 Å². The first kappa shape index (κ1) is 16.4. The fraction of sp³-hybridized carbons (Fsp3) is 0.652. The topological polar surface area (TPSA) is 20.2 Å². The van der Waals surface area contributed by atoms with Crippen molar-refractivity contribution in [2.75, 3.05) is 0 Å². The van der Waals surface area contributed by atoms with Crippen LogP contribution in [0, 0.1) is 30.1 Å². The Bertz CT molecular complexity index is 662. The molecule has 0 bridgehead atoms. The SMILES string of the molecule is C=CCC1(O)CC2(C)C(C)CCC2C2CCc3cc(C)ccc3C21. The molecule has 0 radical (unpaired) electrons. The predicted molar refractivity (Wildman–Crippen MR) is 100 cm³/mol. The van der Waals surface area contributed by atoms with E-state index in [2.05, 4.69) is 45.5 Å². The predicted octanol–water partition coefficient (Wildman–Crippen LogP) is 5.40. The highest BCUT2D eigenvalue weighted by atomic mass is 16.3. The highest BCUT2D eigenvalue weighted by Gasteiger charge is 2.61. The first-order valence-corrected chi connectivity index (χ1v) is 9.82. The van der Waals surface area contributed by atoms with Gasteiger partial charge in [0.2, 0.25) is 0 Å². The van der Waals surface area contributed by atoms with E-state index in [1.54, 1.807) is 0 Å². The van der Waals surface area contributed by atoms with Crippen molar-refractivity contribution >= 4 is 0 Å². The van der Waals surface area contributed by atoms with Gasteiger partial charge in [-0.3, -0.25) is 0 Å². The van der Waals surface area contributed by atoms with Crippen molar-refractivity contribution in [3.63, 3.8) is 0 Å². The zero-order valence-corrected chi connectivity index (χ0v) is 15.5. The van der Waals surface area contributed by atoms with Gasteiger partial charge in [-0.05, 0) is 79.7 Å². The third kappa shape index (κ3) is 2.17. The Labute approximate surface area is 147 Å². The Morgan fingerprint density at radius 2 is 2.08 bits per heavy atom. The van der Waals surface area contributed by atoms with Crippen molar-refractivity contribution in [2.45, 2.75) is 70.8 Å². The zero-order chi connectivity index (χ0) is 17.1. The number of hydrogen-bond donors (Lipinski definition) is 1. The normalized spacial score (nSPS) is 43.7. The number of fused-ring (bicyclic) bond motifs is 5. The highest BCUT2D eigenvalue weighted by Crippen LogP contribution is 2.66. The van der Waals surface area contributed by atoms with E-state index in [0.717, 1.165) is 24.7 Å². The summed E-state index contributed by atoms with van der Waals surface area (Å²) in [5, 5.41) is 11.8. The van der Waals surface area contributed by atoms with E-state index in [1.165, 1.54) is 42.4 Å². The van der Waals surface area contributed by atoms with Crippen LogP contribution in [-0.4, -0.2) is 10.7 Å². The lowest BCUT2D eigenvalue weighted by molar-refractivity contribution is -0.122. The summed E-state index contributed by atoms with van der Waals surface area (Å²) in [6.45, 7) is 11.0. The van der Waals surface area contributed by atoms with Crippen molar-refractivity contribution in [1.29, 1.82) is 0 Å². The van der Waals surface area contributed by atoms with E-state index in [-0.39, 0.29) is 0 Å². The van der Waals surface area contributed by atoms with E-state index < -0.39 is 5.60 Å². The van der Waals surface area contributed by atoms with Crippen LogP contribution >= 0.6 is 0 Å².